The smallest absolute Gasteiger partial charge is 0.270 e. The van der Waals surface area contributed by atoms with E-state index in [1.54, 1.807) is 6.92 Å². The average molecular weight is 608 g/mol. The van der Waals surface area contributed by atoms with Crippen molar-refractivity contribution in [3.05, 3.63) is 92.5 Å². The van der Waals surface area contributed by atoms with E-state index in [4.69, 9.17) is 46.4 Å². The first-order valence-corrected chi connectivity index (χ1v) is 12.6. The standard InChI is InChI=1S/C26H18Cl4F4N2O2/c1-11-7-13(31)3-6-19(11)36-23(37)15-10-14(4-5-17(15)27)35-24(38)21-20(26(21,29)30)16-8-12(25(2,33)34)9-18(28)22(16)32/h3-10,20-21H,1-2H3,(H,35,38)(H,36,37). The van der Waals surface area contributed by atoms with Gasteiger partial charge in [-0.15, -0.1) is 23.2 Å². The third-order valence-corrected chi connectivity index (χ3v) is 7.69. The van der Waals surface area contributed by atoms with Crippen molar-refractivity contribution >= 4 is 69.6 Å². The number of halogens is 8. The van der Waals surface area contributed by atoms with Crippen LogP contribution in [-0.4, -0.2) is 16.1 Å². The highest BCUT2D eigenvalue weighted by molar-refractivity contribution is 6.53. The topological polar surface area (TPSA) is 58.2 Å². The molecule has 1 aliphatic carbocycles. The van der Waals surface area contributed by atoms with Crippen molar-refractivity contribution in [3.63, 3.8) is 0 Å². The fourth-order valence-corrected chi connectivity index (χ4v) is 5.33. The van der Waals surface area contributed by atoms with Gasteiger partial charge in [-0.1, -0.05) is 23.2 Å². The van der Waals surface area contributed by atoms with E-state index in [1.165, 1.54) is 36.4 Å². The summed E-state index contributed by atoms with van der Waals surface area (Å²) in [6.45, 7) is 2.23. The molecule has 0 heterocycles. The number of benzene rings is 3. The molecule has 0 aliphatic heterocycles. The van der Waals surface area contributed by atoms with Gasteiger partial charge in [-0.25, -0.2) is 17.6 Å². The Labute approximate surface area is 235 Å². The Morgan fingerprint density at radius 1 is 0.947 bits per heavy atom. The molecular formula is C26H18Cl4F4N2O2. The lowest BCUT2D eigenvalue weighted by Gasteiger charge is -2.14. The Morgan fingerprint density at radius 3 is 2.26 bits per heavy atom. The van der Waals surface area contributed by atoms with E-state index < -0.39 is 56.1 Å². The number of carbonyl (C=O) groups is 2. The van der Waals surface area contributed by atoms with Crippen LogP contribution in [0.1, 0.15) is 39.9 Å². The van der Waals surface area contributed by atoms with Crippen molar-refractivity contribution < 1.29 is 27.2 Å². The number of rotatable bonds is 6. The van der Waals surface area contributed by atoms with Gasteiger partial charge in [-0.3, -0.25) is 9.59 Å². The molecule has 1 aliphatic rings. The summed E-state index contributed by atoms with van der Waals surface area (Å²) in [6, 6.07) is 9.60. The van der Waals surface area contributed by atoms with Gasteiger partial charge in [-0.05, 0) is 66.6 Å². The third-order valence-electron chi connectivity index (χ3n) is 6.15. The van der Waals surface area contributed by atoms with E-state index in [9.17, 15) is 27.2 Å². The Balaban J connectivity index is 1.56. The molecule has 0 saturated heterocycles. The Morgan fingerprint density at radius 2 is 1.63 bits per heavy atom. The van der Waals surface area contributed by atoms with Crippen LogP contribution in [-0.2, 0) is 10.7 Å². The van der Waals surface area contributed by atoms with Crippen molar-refractivity contribution in [2.45, 2.75) is 30.0 Å². The molecule has 2 unspecified atom stereocenters. The molecule has 2 N–H and O–H groups in total. The summed E-state index contributed by atoms with van der Waals surface area (Å²) in [5.41, 5.74) is 0.111. The number of anilines is 2. The Kier molecular flexibility index (Phi) is 7.67. The van der Waals surface area contributed by atoms with Crippen LogP contribution in [0.25, 0.3) is 0 Å². The van der Waals surface area contributed by atoms with Gasteiger partial charge in [0.05, 0.1) is 21.5 Å². The van der Waals surface area contributed by atoms with Gasteiger partial charge < -0.3 is 10.6 Å². The molecule has 2 amide bonds. The van der Waals surface area contributed by atoms with Gasteiger partial charge in [0.25, 0.3) is 11.8 Å². The van der Waals surface area contributed by atoms with Crippen LogP contribution in [0.2, 0.25) is 10.0 Å². The van der Waals surface area contributed by atoms with Gasteiger partial charge in [0.15, 0.2) is 0 Å². The molecule has 0 bridgehead atoms. The molecule has 4 rings (SSSR count). The molecule has 4 nitrogen and oxygen atoms in total. The zero-order chi connectivity index (χ0) is 28.2. The van der Waals surface area contributed by atoms with E-state index in [-0.39, 0.29) is 21.8 Å². The number of nitrogens with one attached hydrogen (secondary N) is 2. The minimum Gasteiger partial charge on any atom is -0.326 e. The van der Waals surface area contributed by atoms with Gasteiger partial charge >= 0.3 is 0 Å². The Bertz CT molecular complexity index is 1460. The number of hydrogen-bond acceptors (Lipinski definition) is 2. The third kappa shape index (κ3) is 5.59. The number of aryl methyl sites for hydroxylation is 1. The van der Waals surface area contributed by atoms with Crippen LogP contribution in [0.3, 0.4) is 0 Å². The van der Waals surface area contributed by atoms with E-state index in [0.29, 0.717) is 18.2 Å². The second-order valence-corrected chi connectivity index (χ2v) is 11.2. The molecule has 0 radical (unpaired) electrons. The molecular weight excluding hydrogens is 590 g/mol. The van der Waals surface area contributed by atoms with Crippen LogP contribution in [0.4, 0.5) is 28.9 Å². The fourth-order valence-electron chi connectivity index (χ4n) is 4.08. The van der Waals surface area contributed by atoms with Gasteiger partial charge in [0, 0.05) is 29.8 Å². The van der Waals surface area contributed by atoms with Crippen molar-refractivity contribution in [2.75, 3.05) is 10.6 Å². The summed E-state index contributed by atoms with van der Waals surface area (Å²) < 4.78 is 54.1. The molecule has 1 fully saturated rings. The van der Waals surface area contributed by atoms with Crippen LogP contribution < -0.4 is 10.6 Å². The molecule has 200 valence electrons. The normalized spacial score (nSPS) is 18.2. The molecule has 3 aromatic carbocycles. The van der Waals surface area contributed by atoms with Gasteiger partial charge in [0.2, 0.25) is 5.91 Å². The molecule has 2 atom stereocenters. The first-order chi connectivity index (χ1) is 17.6. The summed E-state index contributed by atoms with van der Waals surface area (Å²) in [5.74, 6) is -8.54. The number of hydrogen-bond donors (Lipinski definition) is 2. The van der Waals surface area contributed by atoms with Crippen LogP contribution in [0.5, 0.6) is 0 Å². The number of alkyl halides is 4. The van der Waals surface area contributed by atoms with Crippen molar-refractivity contribution in [3.8, 4) is 0 Å². The summed E-state index contributed by atoms with van der Waals surface area (Å²) in [7, 11) is 0. The lowest BCUT2D eigenvalue weighted by molar-refractivity contribution is -0.117. The lowest BCUT2D eigenvalue weighted by Crippen LogP contribution is -2.18. The largest absolute Gasteiger partial charge is 0.326 e. The summed E-state index contributed by atoms with van der Waals surface area (Å²) >= 11 is 24.6. The lowest BCUT2D eigenvalue weighted by atomic mass is 10.0. The number of amides is 2. The minimum absolute atomic E-state index is 0.000691. The number of carbonyl (C=O) groups excluding carboxylic acids is 2. The second-order valence-electron chi connectivity index (χ2n) is 8.98. The quantitative estimate of drug-likeness (QED) is 0.218. The predicted molar refractivity (Wildman–Crippen MR) is 141 cm³/mol. The van der Waals surface area contributed by atoms with E-state index in [2.05, 4.69) is 10.6 Å². The predicted octanol–water partition coefficient (Wildman–Crippen LogP) is 8.47. The van der Waals surface area contributed by atoms with Crippen molar-refractivity contribution in [1.82, 2.24) is 0 Å². The molecule has 12 heteroatoms. The Hall–Kier alpha value is -2.52. The molecule has 38 heavy (non-hydrogen) atoms. The minimum atomic E-state index is -3.33. The maximum Gasteiger partial charge on any atom is 0.270 e. The molecule has 0 spiro atoms. The highest BCUT2D eigenvalue weighted by Gasteiger charge is 2.68. The maximum absolute atomic E-state index is 14.8. The highest BCUT2D eigenvalue weighted by Crippen LogP contribution is 2.66. The first kappa shape index (κ1) is 28.5. The fraction of sp³-hybridized carbons (Fsp3) is 0.231. The molecule has 3 aromatic rings. The second kappa shape index (κ2) is 10.2. The average Bonchev–Trinajstić information content (AvgIpc) is 3.39. The van der Waals surface area contributed by atoms with Crippen LogP contribution >= 0.6 is 46.4 Å². The van der Waals surface area contributed by atoms with Gasteiger partial charge in [0.1, 0.15) is 16.0 Å². The zero-order valence-electron chi connectivity index (χ0n) is 19.6. The molecule has 0 aromatic heterocycles. The first-order valence-electron chi connectivity index (χ1n) is 11.0. The maximum atomic E-state index is 14.8. The van der Waals surface area contributed by atoms with Crippen LogP contribution in [0, 0.1) is 24.5 Å². The van der Waals surface area contributed by atoms with E-state index in [0.717, 1.165) is 12.1 Å². The van der Waals surface area contributed by atoms with E-state index in [1.807, 2.05) is 0 Å². The van der Waals surface area contributed by atoms with Gasteiger partial charge in [-0.2, -0.15) is 0 Å². The summed E-state index contributed by atoms with van der Waals surface area (Å²) in [5, 5.41) is 4.68. The molecule has 1 saturated carbocycles. The van der Waals surface area contributed by atoms with Crippen molar-refractivity contribution in [2.24, 2.45) is 5.92 Å². The summed E-state index contributed by atoms with van der Waals surface area (Å²) in [6.07, 6.45) is 0. The van der Waals surface area contributed by atoms with Crippen LogP contribution in [0.15, 0.2) is 48.5 Å². The SMILES string of the molecule is Cc1cc(F)ccc1NC(=O)c1cc(NC(=O)C2C(c3cc(C(C)(F)F)cc(Cl)c3F)C2(Cl)Cl)ccc1Cl. The van der Waals surface area contributed by atoms with E-state index >= 15 is 0 Å². The monoisotopic (exact) mass is 606 g/mol. The van der Waals surface area contributed by atoms with Crippen molar-refractivity contribution in [1.29, 1.82) is 0 Å². The highest BCUT2D eigenvalue weighted by atomic mass is 35.5. The zero-order valence-corrected chi connectivity index (χ0v) is 22.6. The summed E-state index contributed by atoms with van der Waals surface area (Å²) in [4.78, 5) is 25.9.